The van der Waals surface area contributed by atoms with Crippen molar-refractivity contribution in [3.8, 4) is 5.75 Å². The third-order valence-corrected chi connectivity index (χ3v) is 3.28. The Morgan fingerprint density at radius 3 is 2.90 bits per heavy atom. The van der Waals surface area contributed by atoms with Crippen LogP contribution in [-0.2, 0) is 17.8 Å². The van der Waals surface area contributed by atoms with Crippen molar-refractivity contribution < 1.29 is 19.4 Å². The Balaban J connectivity index is 1.71. The van der Waals surface area contributed by atoms with Gasteiger partial charge in [0.25, 0.3) is 0 Å². The van der Waals surface area contributed by atoms with E-state index in [1.54, 1.807) is 24.3 Å². The minimum atomic E-state index is -0.959. The predicted octanol–water partition coefficient (Wildman–Crippen LogP) is 2.46. The van der Waals surface area contributed by atoms with Gasteiger partial charge < -0.3 is 15.2 Å². The number of fused-ring (bicyclic) bond motifs is 1. The monoisotopic (exact) mass is 283 g/mol. The summed E-state index contributed by atoms with van der Waals surface area (Å²) in [4.78, 5) is 22.2. The van der Waals surface area contributed by atoms with Crippen LogP contribution in [0.2, 0.25) is 0 Å². The number of ether oxygens (including phenoxy) is 1. The lowest BCUT2D eigenvalue weighted by Crippen LogP contribution is -2.03. The van der Waals surface area contributed by atoms with Crippen LogP contribution in [0.4, 0.5) is 5.69 Å². The van der Waals surface area contributed by atoms with Crippen molar-refractivity contribution in [1.82, 2.24) is 0 Å². The van der Waals surface area contributed by atoms with E-state index in [-0.39, 0.29) is 18.1 Å². The average molecular weight is 283 g/mol. The van der Waals surface area contributed by atoms with Gasteiger partial charge in [0.2, 0.25) is 5.91 Å². The van der Waals surface area contributed by atoms with Crippen LogP contribution < -0.4 is 10.1 Å². The molecule has 0 aromatic heterocycles. The van der Waals surface area contributed by atoms with Gasteiger partial charge in [0.15, 0.2) is 0 Å². The molecule has 0 spiro atoms. The summed E-state index contributed by atoms with van der Waals surface area (Å²) >= 11 is 0. The predicted molar refractivity (Wildman–Crippen MR) is 76.5 cm³/mol. The first-order chi connectivity index (χ1) is 10.1. The summed E-state index contributed by atoms with van der Waals surface area (Å²) in [7, 11) is 0. The summed E-state index contributed by atoms with van der Waals surface area (Å²) < 4.78 is 5.66. The number of benzene rings is 2. The second kappa shape index (κ2) is 5.28. The molecular formula is C16H13NO4. The van der Waals surface area contributed by atoms with Crippen LogP contribution in [0.3, 0.4) is 0 Å². The average Bonchev–Trinajstić information content (AvgIpc) is 2.84. The van der Waals surface area contributed by atoms with Crippen LogP contribution in [0, 0.1) is 0 Å². The first-order valence-corrected chi connectivity index (χ1v) is 6.49. The highest BCUT2D eigenvalue weighted by Gasteiger charge is 2.17. The van der Waals surface area contributed by atoms with Gasteiger partial charge in [-0.3, -0.25) is 4.79 Å². The Kier molecular flexibility index (Phi) is 3.31. The van der Waals surface area contributed by atoms with Crippen LogP contribution >= 0.6 is 0 Å². The maximum Gasteiger partial charge on any atom is 0.335 e. The molecule has 0 fully saturated rings. The molecule has 0 saturated heterocycles. The van der Waals surface area contributed by atoms with Crippen LogP contribution in [0.1, 0.15) is 21.5 Å². The smallest absolute Gasteiger partial charge is 0.335 e. The maximum absolute atomic E-state index is 11.3. The number of nitrogens with one attached hydrogen (secondary N) is 1. The summed E-state index contributed by atoms with van der Waals surface area (Å²) in [6, 6.07) is 12.0. The zero-order chi connectivity index (χ0) is 14.8. The zero-order valence-electron chi connectivity index (χ0n) is 11.1. The molecule has 0 radical (unpaired) electrons. The fraction of sp³-hybridized carbons (Fsp3) is 0.125. The van der Waals surface area contributed by atoms with Gasteiger partial charge in [-0.1, -0.05) is 12.1 Å². The molecule has 2 aromatic carbocycles. The lowest BCUT2D eigenvalue weighted by Gasteiger charge is -2.08. The third-order valence-electron chi connectivity index (χ3n) is 3.28. The topological polar surface area (TPSA) is 75.6 Å². The first kappa shape index (κ1) is 13.2. The van der Waals surface area contributed by atoms with E-state index in [1.165, 1.54) is 0 Å². The Labute approximate surface area is 121 Å². The van der Waals surface area contributed by atoms with Gasteiger partial charge in [-0.05, 0) is 41.5 Å². The summed E-state index contributed by atoms with van der Waals surface area (Å²) in [5.41, 5.74) is 2.75. The van der Waals surface area contributed by atoms with E-state index in [9.17, 15) is 9.59 Å². The van der Waals surface area contributed by atoms with Crippen molar-refractivity contribution in [2.24, 2.45) is 0 Å². The molecule has 2 aromatic rings. The van der Waals surface area contributed by atoms with Crippen LogP contribution in [0.25, 0.3) is 0 Å². The third kappa shape index (κ3) is 2.86. The van der Waals surface area contributed by atoms with E-state index < -0.39 is 5.97 Å². The van der Waals surface area contributed by atoms with Crippen LogP contribution in [0.15, 0.2) is 42.5 Å². The van der Waals surface area contributed by atoms with E-state index >= 15 is 0 Å². The zero-order valence-corrected chi connectivity index (χ0v) is 11.1. The maximum atomic E-state index is 11.3. The number of hydrogen-bond donors (Lipinski definition) is 2. The normalized spacial score (nSPS) is 12.7. The minimum absolute atomic E-state index is 0.0173. The summed E-state index contributed by atoms with van der Waals surface area (Å²) in [6.07, 6.45) is 0.362. The molecule has 0 atom stereocenters. The molecule has 1 aliphatic heterocycles. The quantitative estimate of drug-likeness (QED) is 0.903. The highest BCUT2D eigenvalue weighted by Crippen LogP contribution is 2.27. The lowest BCUT2D eigenvalue weighted by atomic mass is 10.1. The fourth-order valence-electron chi connectivity index (χ4n) is 2.26. The molecular weight excluding hydrogens is 270 g/mol. The first-order valence-electron chi connectivity index (χ1n) is 6.49. The van der Waals surface area contributed by atoms with Gasteiger partial charge in [-0.2, -0.15) is 0 Å². The number of carboxylic acids is 1. The standard InChI is InChI=1S/C16H13NO4/c18-15-8-12-7-13(4-5-14(12)17-15)21-9-10-2-1-3-11(6-10)16(19)20/h1-7H,8-9H2,(H,17,18)(H,19,20). The number of amides is 1. The van der Waals surface area contributed by atoms with E-state index in [0.29, 0.717) is 12.2 Å². The second-order valence-corrected chi connectivity index (χ2v) is 4.84. The van der Waals surface area contributed by atoms with E-state index in [4.69, 9.17) is 9.84 Å². The molecule has 0 saturated carbocycles. The second-order valence-electron chi connectivity index (χ2n) is 4.84. The largest absolute Gasteiger partial charge is 0.489 e. The molecule has 1 heterocycles. The van der Waals surface area contributed by atoms with Crippen molar-refractivity contribution in [1.29, 1.82) is 0 Å². The van der Waals surface area contributed by atoms with Crippen molar-refractivity contribution in [2.45, 2.75) is 13.0 Å². The van der Waals surface area contributed by atoms with Gasteiger partial charge in [0.1, 0.15) is 12.4 Å². The Bertz CT molecular complexity index is 724. The number of aromatic carboxylic acids is 1. The Hall–Kier alpha value is -2.82. The number of anilines is 1. The molecule has 1 aliphatic rings. The van der Waals surface area contributed by atoms with Crippen molar-refractivity contribution >= 4 is 17.6 Å². The summed E-state index contributed by atoms with van der Waals surface area (Å²) in [6.45, 7) is 0.279. The number of rotatable bonds is 4. The molecule has 5 heteroatoms. The molecule has 0 bridgehead atoms. The van der Waals surface area contributed by atoms with Crippen molar-refractivity contribution in [2.75, 3.05) is 5.32 Å². The van der Waals surface area contributed by atoms with E-state index in [2.05, 4.69) is 5.32 Å². The molecule has 106 valence electrons. The number of carboxylic acid groups (broad SMARTS) is 1. The Morgan fingerprint density at radius 1 is 1.24 bits per heavy atom. The van der Waals surface area contributed by atoms with Crippen LogP contribution in [0.5, 0.6) is 5.75 Å². The Morgan fingerprint density at radius 2 is 2.10 bits per heavy atom. The van der Waals surface area contributed by atoms with Gasteiger partial charge in [0, 0.05) is 5.69 Å². The fourth-order valence-corrected chi connectivity index (χ4v) is 2.26. The molecule has 1 amide bonds. The minimum Gasteiger partial charge on any atom is -0.489 e. The van der Waals surface area contributed by atoms with Crippen LogP contribution in [-0.4, -0.2) is 17.0 Å². The van der Waals surface area contributed by atoms with Crippen molar-refractivity contribution in [3.05, 3.63) is 59.2 Å². The van der Waals surface area contributed by atoms with Gasteiger partial charge in [0.05, 0.1) is 12.0 Å². The molecule has 0 aliphatic carbocycles. The van der Waals surface area contributed by atoms with Crippen molar-refractivity contribution in [3.63, 3.8) is 0 Å². The molecule has 21 heavy (non-hydrogen) atoms. The molecule has 5 nitrogen and oxygen atoms in total. The molecule has 3 rings (SSSR count). The number of carbonyl (C=O) groups is 2. The number of hydrogen-bond acceptors (Lipinski definition) is 3. The molecule has 0 unspecified atom stereocenters. The molecule has 2 N–H and O–H groups in total. The summed E-state index contributed by atoms with van der Waals surface area (Å²) in [5, 5.41) is 11.7. The van der Waals surface area contributed by atoms with Gasteiger partial charge >= 0.3 is 5.97 Å². The van der Waals surface area contributed by atoms with Gasteiger partial charge in [-0.15, -0.1) is 0 Å². The number of carbonyl (C=O) groups excluding carboxylic acids is 1. The lowest BCUT2D eigenvalue weighted by molar-refractivity contribution is -0.115. The highest BCUT2D eigenvalue weighted by atomic mass is 16.5. The SMILES string of the molecule is O=C1Cc2cc(OCc3cccc(C(=O)O)c3)ccc2N1. The van der Waals surface area contributed by atoms with Gasteiger partial charge in [-0.25, -0.2) is 4.79 Å². The highest BCUT2D eigenvalue weighted by molar-refractivity contribution is 5.99. The summed E-state index contributed by atoms with van der Waals surface area (Å²) in [5.74, 6) is -0.318. The van der Waals surface area contributed by atoms with E-state index in [1.807, 2.05) is 18.2 Å². The van der Waals surface area contributed by atoms with E-state index in [0.717, 1.165) is 16.8 Å².